The molecule has 0 bridgehead atoms. The molecule has 98 valence electrons. The Bertz CT molecular complexity index is 411. The second kappa shape index (κ2) is 5.53. The van der Waals surface area contributed by atoms with Gasteiger partial charge in [0.25, 0.3) is 5.91 Å². The quantitative estimate of drug-likeness (QED) is 0.887. The highest BCUT2D eigenvalue weighted by Gasteiger charge is 2.25. The standard InChI is InChI=1S/C15H22N2O/c1-11(2)17-9-8-14(10-17)16-15(18)13-6-4-12(3)5-7-13/h4-7,11,14H,8-10H2,1-3H3,(H,16,18)/t14-/m1/s1. The third-order valence-corrected chi connectivity index (χ3v) is 3.60. The summed E-state index contributed by atoms with van der Waals surface area (Å²) in [5, 5.41) is 3.12. The lowest BCUT2D eigenvalue weighted by Gasteiger charge is -2.20. The Hall–Kier alpha value is -1.35. The highest BCUT2D eigenvalue weighted by Crippen LogP contribution is 2.13. The molecule has 0 radical (unpaired) electrons. The first-order chi connectivity index (χ1) is 8.56. The molecule has 3 nitrogen and oxygen atoms in total. The molecule has 3 heteroatoms. The van der Waals surface area contributed by atoms with Gasteiger partial charge in [-0.15, -0.1) is 0 Å². The van der Waals surface area contributed by atoms with Crippen molar-refractivity contribution in [2.24, 2.45) is 0 Å². The Morgan fingerprint density at radius 2 is 2.00 bits per heavy atom. The van der Waals surface area contributed by atoms with Crippen molar-refractivity contribution in [1.82, 2.24) is 10.2 Å². The van der Waals surface area contributed by atoms with E-state index in [2.05, 4.69) is 24.1 Å². The summed E-state index contributed by atoms with van der Waals surface area (Å²) in [5.74, 6) is 0.0469. The van der Waals surface area contributed by atoms with E-state index < -0.39 is 0 Å². The number of rotatable bonds is 3. The van der Waals surface area contributed by atoms with E-state index in [-0.39, 0.29) is 5.91 Å². The minimum Gasteiger partial charge on any atom is -0.348 e. The molecule has 1 aromatic rings. The van der Waals surface area contributed by atoms with Crippen molar-refractivity contribution in [1.29, 1.82) is 0 Å². The molecule has 0 aromatic heterocycles. The van der Waals surface area contributed by atoms with E-state index in [0.29, 0.717) is 12.1 Å². The average molecular weight is 246 g/mol. The number of hydrogen-bond donors (Lipinski definition) is 1. The van der Waals surface area contributed by atoms with E-state index in [9.17, 15) is 4.79 Å². The smallest absolute Gasteiger partial charge is 0.251 e. The minimum atomic E-state index is 0.0469. The van der Waals surface area contributed by atoms with Gasteiger partial charge >= 0.3 is 0 Å². The molecule has 1 aliphatic heterocycles. The molecular formula is C15H22N2O. The van der Waals surface area contributed by atoms with Gasteiger partial charge in [-0.25, -0.2) is 0 Å². The van der Waals surface area contributed by atoms with Crippen molar-refractivity contribution < 1.29 is 4.79 Å². The van der Waals surface area contributed by atoms with E-state index in [1.165, 1.54) is 5.56 Å². The van der Waals surface area contributed by atoms with Crippen LogP contribution in [0.15, 0.2) is 24.3 Å². The molecule has 2 rings (SSSR count). The summed E-state index contributed by atoms with van der Waals surface area (Å²) in [7, 11) is 0. The van der Waals surface area contributed by atoms with E-state index in [1.807, 2.05) is 31.2 Å². The van der Waals surface area contributed by atoms with Crippen LogP contribution in [0.5, 0.6) is 0 Å². The fraction of sp³-hybridized carbons (Fsp3) is 0.533. The number of nitrogens with zero attached hydrogens (tertiary/aromatic N) is 1. The Kier molecular flexibility index (Phi) is 4.02. The summed E-state index contributed by atoms with van der Waals surface area (Å²) in [6.45, 7) is 8.47. The molecule has 1 atom stereocenters. The molecule has 1 saturated heterocycles. The second-order valence-corrected chi connectivity index (χ2v) is 5.41. The number of carbonyl (C=O) groups excluding carboxylic acids is 1. The third kappa shape index (κ3) is 3.10. The summed E-state index contributed by atoms with van der Waals surface area (Å²) in [4.78, 5) is 14.5. The normalized spacial score (nSPS) is 20.3. The van der Waals surface area contributed by atoms with Gasteiger partial charge in [0.05, 0.1) is 0 Å². The zero-order valence-corrected chi connectivity index (χ0v) is 11.4. The lowest BCUT2D eigenvalue weighted by Crippen LogP contribution is -2.38. The second-order valence-electron chi connectivity index (χ2n) is 5.41. The molecule has 1 aliphatic rings. The van der Waals surface area contributed by atoms with Gasteiger partial charge in [-0.2, -0.15) is 0 Å². The zero-order valence-electron chi connectivity index (χ0n) is 11.4. The molecule has 1 aromatic carbocycles. The van der Waals surface area contributed by atoms with Gasteiger partial charge in [0.15, 0.2) is 0 Å². The van der Waals surface area contributed by atoms with Crippen molar-refractivity contribution in [3.63, 3.8) is 0 Å². The molecule has 0 aliphatic carbocycles. The lowest BCUT2D eigenvalue weighted by atomic mass is 10.1. The van der Waals surface area contributed by atoms with Crippen molar-refractivity contribution in [3.05, 3.63) is 35.4 Å². The maximum absolute atomic E-state index is 12.1. The SMILES string of the molecule is Cc1ccc(C(=O)N[C@@H]2CCN(C(C)C)C2)cc1. The van der Waals surface area contributed by atoms with Crippen molar-refractivity contribution in [2.45, 2.75) is 39.3 Å². The van der Waals surface area contributed by atoms with Gasteiger partial charge in [0.2, 0.25) is 0 Å². The first-order valence-electron chi connectivity index (χ1n) is 6.68. The third-order valence-electron chi connectivity index (χ3n) is 3.60. The van der Waals surface area contributed by atoms with E-state index in [4.69, 9.17) is 0 Å². The van der Waals surface area contributed by atoms with Gasteiger partial charge in [-0.3, -0.25) is 9.69 Å². The van der Waals surface area contributed by atoms with Crippen LogP contribution in [0.1, 0.15) is 36.2 Å². The number of nitrogens with one attached hydrogen (secondary N) is 1. The number of benzene rings is 1. The molecule has 0 unspecified atom stereocenters. The molecule has 1 fully saturated rings. The van der Waals surface area contributed by atoms with Crippen molar-refractivity contribution in [3.8, 4) is 0 Å². The van der Waals surface area contributed by atoms with Crippen molar-refractivity contribution in [2.75, 3.05) is 13.1 Å². The topological polar surface area (TPSA) is 32.3 Å². The molecule has 1 N–H and O–H groups in total. The van der Waals surface area contributed by atoms with E-state index in [1.54, 1.807) is 0 Å². The summed E-state index contributed by atoms with van der Waals surface area (Å²) in [5.41, 5.74) is 1.93. The van der Waals surface area contributed by atoms with Crippen LogP contribution in [-0.4, -0.2) is 36.0 Å². The molecule has 0 saturated carbocycles. The summed E-state index contributed by atoms with van der Waals surface area (Å²) < 4.78 is 0. The van der Waals surface area contributed by atoms with Gasteiger partial charge in [0, 0.05) is 30.7 Å². The number of aryl methyl sites for hydroxylation is 1. The first kappa shape index (κ1) is 13.1. The number of likely N-dealkylation sites (tertiary alicyclic amines) is 1. The van der Waals surface area contributed by atoms with Crippen LogP contribution in [0.25, 0.3) is 0 Å². The maximum Gasteiger partial charge on any atom is 0.251 e. The molecule has 0 spiro atoms. The van der Waals surface area contributed by atoms with Crippen LogP contribution in [0.4, 0.5) is 0 Å². The van der Waals surface area contributed by atoms with Crippen LogP contribution in [-0.2, 0) is 0 Å². The Morgan fingerprint density at radius 3 is 2.56 bits per heavy atom. The van der Waals surface area contributed by atoms with E-state index in [0.717, 1.165) is 25.1 Å². The van der Waals surface area contributed by atoms with Gasteiger partial charge < -0.3 is 5.32 Å². The minimum absolute atomic E-state index is 0.0469. The molecular weight excluding hydrogens is 224 g/mol. The van der Waals surface area contributed by atoms with Gasteiger partial charge in [-0.05, 0) is 39.3 Å². The number of hydrogen-bond acceptors (Lipinski definition) is 2. The highest BCUT2D eigenvalue weighted by molar-refractivity contribution is 5.94. The van der Waals surface area contributed by atoms with Crippen LogP contribution in [0.2, 0.25) is 0 Å². The fourth-order valence-corrected chi connectivity index (χ4v) is 2.35. The van der Waals surface area contributed by atoms with Crippen LogP contribution >= 0.6 is 0 Å². The Morgan fingerprint density at radius 1 is 1.33 bits per heavy atom. The fourth-order valence-electron chi connectivity index (χ4n) is 2.35. The summed E-state index contributed by atoms with van der Waals surface area (Å²) >= 11 is 0. The summed E-state index contributed by atoms with van der Waals surface area (Å²) in [6.07, 6.45) is 1.05. The maximum atomic E-state index is 12.1. The van der Waals surface area contributed by atoms with Crippen molar-refractivity contribution >= 4 is 5.91 Å². The largest absolute Gasteiger partial charge is 0.348 e. The predicted molar refractivity (Wildman–Crippen MR) is 73.8 cm³/mol. The van der Waals surface area contributed by atoms with Gasteiger partial charge in [0.1, 0.15) is 0 Å². The number of carbonyl (C=O) groups is 1. The number of amides is 1. The van der Waals surface area contributed by atoms with Crippen LogP contribution in [0, 0.1) is 6.92 Å². The molecule has 1 heterocycles. The molecule has 1 amide bonds. The Balaban J connectivity index is 1.91. The van der Waals surface area contributed by atoms with Crippen LogP contribution in [0.3, 0.4) is 0 Å². The molecule has 18 heavy (non-hydrogen) atoms. The van der Waals surface area contributed by atoms with E-state index >= 15 is 0 Å². The zero-order chi connectivity index (χ0) is 13.1. The predicted octanol–water partition coefficient (Wildman–Crippen LogP) is 2.21. The van der Waals surface area contributed by atoms with Crippen LogP contribution < -0.4 is 5.32 Å². The average Bonchev–Trinajstić information content (AvgIpc) is 2.78. The monoisotopic (exact) mass is 246 g/mol. The lowest BCUT2D eigenvalue weighted by molar-refractivity contribution is 0.0936. The Labute approximate surface area is 109 Å². The van der Waals surface area contributed by atoms with Gasteiger partial charge in [-0.1, -0.05) is 17.7 Å². The summed E-state index contributed by atoms with van der Waals surface area (Å²) in [6, 6.07) is 8.58. The first-order valence-corrected chi connectivity index (χ1v) is 6.68. The highest BCUT2D eigenvalue weighted by atomic mass is 16.1.